The van der Waals surface area contributed by atoms with Crippen molar-refractivity contribution in [3.8, 4) is 55.8 Å². The Kier molecular flexibility index (Phi) is 5.53. The van der Waals surface area contributed by atoms with E-state index < -0.39 is 0 Å². The van der Waals surface area contributed by atoms with Crippen molar-refractivity contribution in [1.82, 2.24) is 9.97 Å². The molecular formula is C45H28N2. The summed E-state index contributed by atoms with van der Waals surface area (Å²) in [5, 5.41) is 1.05. The Morgan fingerprint density at radius 1 is 0.383 bits per heavy atom. The Morgan fingerprint density at radius 2 is 0.936 bits per heavy atom. The maximum atomic E-state index is 5.24. The molecule has 2 heterocycles. The van der Waals surface area contributed by atoms with Crippen LogP contribution in [0.3, 0.4) is 0 Å². The van der Waals surface area contributed by atoms with Crippen LogP contribution in [-0.4, -0.2) is 9.97 Å². The number of nitrogens with zero attached hydrogens (tertiary/aromatic N) is 2. The first-order valence-corrected chi connectivity index (χ1v) is 16.2. The van der Waals surface area contributed by atoms with Gasteiger partial charge in [-0.25, -0.2) is 9.97 Å². The van der Waals surface area contributed by atoms with Gasteiger partial charge >= 0.3 is 0 Å². The lowest BCUT2D eigenvalue weighted by molar-refractivity contribution is 0.794. The monoisotopic (exact) mass is 596 g/mol. The summed E-state index contributed by atoms with van der Waals surface area (Å²) in [5.41, 5.74) is 17.6. The van der Waals surface area contributed by atoms with Gasteiger partial charge in [-0.3, -0.25) is 0 Å². The molecule has 0 aliphatic heterocycles. The van der Waals surface area contributed by atoms with Crippen molar-refractivity contribution in [3.05, 3.63) is 192 Å². The summed E-state index contributed by atoms with van der Waals surface area (Å²) in [4.78, 5) is 10.0. The van der Waals surface area contributed by atoms with Gasteiger partial charge in [0.15, 0.2) is 5.65 Å². The minimum absolute atomic E-state index is 0.389. The van der Waals surface area contributed by atoms with E-state index in [4.69, 9.17) is 9.97 Å². The summed E-state index contributed by atoms with van der Waals surface area (Å²) in [6, 6.07) is 59.4. The quantitative estimate of drug-likeness (QED) is 0.203. The Bertz CT molecular complexity index is 2470. The van der Waals surface area contributed by atoms with Crippen molar-refractivity contribution in [2.75, 3.05) is 0 Å². The average molecular weight is 597 g/mol. The Labute approximate surface area is 273 Å². The third-order valence-electron chi connectivity index (χ3n) is 10.2. The second-order valence-corrected chi connectivity index (χ2v) is 12.5. The van der Waals surface area contributed by atoms with E-state index in [2.05, 4.69) is 158 Å². The number of aromatic nitrogens is 2. The molecule has 8 aromatic rings. The third kappa shape index (κ3) is 3.61. The van der Waals surface area contributed by atoms with Gasteiger partial charge in [-0.05, 0) is 85.0 Å². The van der Waals surface area contributed by atoms with Crippen LogP contribution >= 0.6 is 0 Å². The van der Waals surface area contributed by atoms with Crippen LogP contribution in [0.5, 0.6) is 0 Å². The van der Waals surface area contributed by atoms with Crippen molar-refractivity contribution in [2.24, 2.45) is 0 Å². The van der Waals surface area contributed by atoms with E-state index in [1.807, 2.05) is 12.3 Å². The highest BCUT2D eigenvalue weighted by atomic mass is 14.8. The Hall–Kier alpha value is -6.12. The standard InChI is InChI=1S/C45H28N2/c1-2-12-29(13-3-1)30-23-25-31(26-24-30)37-28-42(47-44-34(37)18-11-27-46-44)36-17-10-22-41-43(36)35-16-6-9-21-40(35)45(41)38-19-7-4-14-32(38)33-15-5-8-20-39(33)45/h1-28H. The molecule has 0 amide bonds. The van der Waals surface area contributed by atoms with E-state index in [1.54, 1.807) is 0 Å². The van der Waals surface area contributed by atoms with E-state index >= 15 is 0 Å². The van der Waals surface area contributed by atoms with E-state index in [0.29, 0.717) is 0 Å². The zero-order valence-electron chi connectivity index (χ0n) is 25.6. The molecule has 0 saturated carbocycles. The number of pyridine rings is 2. The van der Waals surface area contributed by atoms with E-state index in [9.17, 15) is 0 Å². The van der Waals surface area contributed by atoms with Crippen LogP contribution in [0.15, 0.2) is 170 Å². The lowest BCUT2D eigenvalue weighted by Crippen LogP contribution is -2.25. The van der Waals surface area contributed by atoms with Gasteiger partial charge in [0.1, 0.15) is 0 Å². The molecule has 0 atom stereocenters. The van der Waals surface area contributed by atoms with Crippen LogP contribution in [0.4, 0.5) is 0 Å². The molecule has 2 aromatic heterocycles. The summed E-state index contributed by atoms with van der Waals surface area (Å²) in [6.45, 7) is 0. The number of fused-ring (bicyclic) bond motifs is 11. The van der Waals surface area contributed by atoms with Crippen LogP contribution < -0.4 is 0 Å². The van der Waals surface area contributed by atoms with Crippen molar-refractivity contribution < 1.29 is 0 Å². The lowest BCUT2D eigenvalue weighted by Gasteiger charge is -2.30. The summed E-state index contributed by atoms with van der Waals surface area (Å²) in [7, 11) is 0. The second-order valence-electron chi connectivity index (χ2n) is 12.5. The van der Waals surface area contributed by atoms with Gasteiger partial charge in [0.05, 0.1) is 11.1 Å². The largest absolute Gasteiger partial charge is 0.237 e. The first-order chi connectivity index (χ1) is 23.3. The molecule has 0 bridgehead atoms. The van der Waals surface area contributed by atoms with Gasteiger partial charge in [-0.1, -0.05) is 146 Å². The molecule has 47 heavy (non-hydrogen) atoms. The van der Waals surface area contributed by atoms with Gasteiger partial charge in [0.25, 0.3) is 0 Å². The Morgan fingerprint density at radius 3 is 1.66 bits per heavy atom. The predicted octanol–water partition coefficient (Wildman–Crippen LogP) is 11.0. The summed E-state index contributed by atoms with van der Waals surface area (Å²) >= 11 is 0. The van der Waals surface area contributed by atoms with Crippen molar-refractivity contribution in [3.63, 3.8) is 0 Å². The molecule has 2 aliphatic carbocycles. The van der Waals surface area contributed by atoms with Gasteiger partial charge in [-0.2, -0.15) is 0 Å². The molecule has 0 radical (unpaired) electrons. The molecule has 2 nitrogen and oxygen atoms in total. The van der Waals surface area contributed by atoms with Crippen molar-refractivity contribution in [2.45, 2.75) is 5.41 Å². The van der Waals surface area contributed by atoms with Crippen LogP contribution in [0.1, 0.15) is 22.3 Å². The number of benzene rings is 6. The normalized spacial score (nSPS) is 13.3. The number of rotatable bonds is 3. The summed E-state index contributed by atoms with van der Waals surface area (Å²) in [6.07, 6.45) is 1.84. The first kappa shape index (κ1) is 26.1. The van der Waals surface area contributed by atoms with Crippen LogP contribution in [-0.2, 0) is 5.41 Å². The van der Waals surface area contributed by atoms with Crippen LogP contribution in [0, 0.1) is 0 Å². The smallest absolute Gasteiger partial charge is 0.160 e. The summed E-state index contributed by atoms with van der Waals surface area (Å²) < 4.78 is 0. The van der Waals surface area contributed by atoms with Gasteiger partial charge < -0.3 is 0 Å². The van der Waals surface area contributed by atoms with Gasteiger partial charge in [0, 0.05) is 17.1 Å². The fourth-order valence-corrected chi connectivity index (χ4v) is 8.26. The Balaban J connectivity index is 1.23. The molecular weight excluding hydrogens is 569 g/mol. The highest BCUT2D eigenvalue weighted by Crippen LogP contribution is 2.63. The highest BCUT2D eigenvalue weighted by Gasteiger charge is 2.52. The van der Waals surface area contributed by atoms with E-state index in [0.717, 1.165) is 33.4 Å². The van der Waals surface area contributed by atoms with Crippen LogP contribution in [0.25, 0.3) is 66.8 Å². The lowest BCUT2D eigenvalue weighted by atomic mass is 9.70. The minimum Gasteiger partial charge on any atom is -0.237 e. The number of hydrogen-bond donors (Lipinski definition) is 0. The molecule has 2 aliphatic rings. The highest BCUT2D eigenvalue weighted by molar-refractivity contribution is 6.01. The molecule has 0 N–H and O–H groups in total. The fraction of sp³-hybridized carbons (Fsp3) is 0.0222. The maximum Gasteiger partial charge on any atom is 0.160 e. The molecule has 1 spiro atoms. The fourth-order valence-electron chi connectivity index (χ4n) is 8.26. The molecule has 218 valence electrons. The molecule has 6 aromatic carbocycles. The molecule has 0 unspecified atom stereocenters. The average Bonchev–Trinajstić information content (AvgIpc) is 3.62. The SMILES string of the molecule is c1ccc(-c2ccc(-c3cc(-c4cccc5c4-c4ccccc4C54c5ccccc5-c5ccccc54)nc4ncccc34)cc2)cc1. The molecule has 0 saturated heterocycles. The van der Waals surface area contributed by atoms with Gasteiger partial charge in [-0.15, -0.1) is 0 Å². The predicted molar refractivity (Wildman–Crippen MR) is 192 cm³/mol. The minimum atomic E-state index is -0.389. The molecule has 10 rings (SSSR count). The van der Waals surface area contributed by atoms with E-state index in [-0.39, 0.29) is 5.41 Å². The molecule has 0 fully saturated rings. The van der Waals surface area contributed by atoms with Crippen molar-refractivity contribution in [1.29, 1.82) is 0 Å². The first-order valence-electron chi connectivity index (χ1n) is 16.2. The second kappa shape index (κ2) is 9.94. The van der Waals surface area contributed by atoms with Crippen LogP contribution in [0.2, 0.25) is 0 Å². The molecule has 2 heteroatoms. The third-order valence-corrected chi connectivity index (χ3v) is 10.2. The number of hydrogen-bond acceptors (Lipinski definition) is 2. The summed E-state index contributed by atoms with van der Waals surface area (Å²) in [5.74, 6) is 0. The zero-order valence-corrected chi connectivity index (χ0v) is 25.6. The van der Waals surface area contributed by atoms with Crippen molar-refractivity contribution >= 4 is 11.0 Å². The maximum absolute atomic E-state index is 5.24. The van der Waals surface area contributed by atoms with E-state index in [1.165, 1.54) is 55.6 Å². The zero-order chi connectivity index (χ0) is 31.0. The van der Waals surface area contributed by atoms with Gasteiger partial charge in [0.2, 0.25) is 0 Å². The topological polar surface area (TPSA) is 25.8 Å².